The number of ether oxygens (including phenoxy) is 1. The van der Waals surface area contributed by atoms with Crippen LogP contribution in [0.25, 0.3) is 0 Å². The minimum atomic E-state index is -0.341. The number of benzene rings is 2. The van der Waals surface area contributed by atoms with E-state index in [2.05, 4.69) is 13.8 Å². The quantitative estimate of drug-likeness (QED) is 0.200. The molecule has 31 heavy (non-hydrogen) atoms. The first-order chi connectivity index (χ1) is 15.0. The zero-order valence-corrected chi connectivity index (χ0v) is 19.7. The first-order valence-corrected chi connectivity index (χ1v) is 12.1. The van der Waals surface area contributed by atoms with Crippen LogP contribution in [0.2, 0.25) is 0 Å². The minimum Gasteiger partial charge on any atom is -0.497 e. The summed E-state index contributed by atoms with van der Waals surface area (Å²) in [4.78, 5) is 12.1. The van der Waals surface area contributed by atoms with Gasteiger partial charge in [-0.25, -0.2) is 0 Å². The topological polar surface area (TPSA) is 72.6 Å². The smallest absolute Gasteiger partial charge is 0.269 e. The molecule has 0 fully saturated rings. The van der Waals surface area contributed by atoms with E-state index in [-0.39, 0.29) is 22.6 Å². The molecule has 0 aliphatic rings. The normalized spacial score (nSPS) is 11.5. The average Bonchev–Trinajstić information content (AvgIpc) is 2.80. The van der Waals surface area contributed by atoms with Crippen molar-refractivity contribution in [2.75, 3.05) is 19.5 Å². The molecule has 0 aliphatic carbocycles. The van der Waals surface area contributed by atoms with E-state index in [4.69, 9.17) is 4.74 Å². The molecule has 170 valence electrons. The van der Waals surface area contributed by atoms with Crippen LogP contribution in [0.15, 0.2) is 47.4 Å². The number of aliphatic hydroxyl groups excluding tert-OH is 1. The van der Waals surface area contributed by atoms with Gasteiger partial charge in [-0.3, -0.25) is 10.1 Å². The Balaban J connectivity index is 2.27. The molecule has 0 aliphatic heterocycles. The van der Waals surface area contributed by atoms with Crippen molar-refractivity contribution in [2.45, 2.75) is 63.7 Å². The zero-order valence-electron chi connectivity index (χ0n) is 18.9. The molecule has 0 amide bonds. The lowest BCUT2D eigenvalue weighted by Crippen LogP contribution is -2.28. The van der Waals surface area contributed by atoms with Crippen LogP contribution >= 0.6 is 11.8 Å². The van der Waals surface area contributed by atoms with Gasteiger partial charge in [0.1, 0.15) is 5.75 Å². The Hall–Kier alpha value is -2.05. The fourth-order valence-electron chi connectivity index (χ4n) is 3.73. The summed E-state index contributed by atoms with van der Waals surface area (Å²) in [5, 5.41) is 21.6. The van der Waals surface area contributed by atoms with Crippen LogP contribution in [0, 0.1) is 15.5 Å². The molecule has 2 aromatic rings. The number of aliphatic hydroxyl groups is 1. The minimum absolute atomic E-state index is 0.101. The molecule has 0 unspecified atom stereocenters. The molecule has 0 saturated heterocycles. The van der Waals surface area contributed by atoms with Crippen molar-refractivity contribution in [1.82, 2.24) is 0 Å². The van der Waals surface area contributed by atoms with Crippen LogP contribution in [-0.4, -0.2) is 29.5 Å². The molecular weight excluding hydrogens is 410 g/mol. The highest BCUT2D eigenvalue weighted by Crippen LogP contribution is 2.39. The number of hydrogen-bond donors (Lipinski definition) is 1. The maximum Gasteiger partial charge on any atom is 0.269 e. The highest BCUT2D eigenvalue weighted by molar-refractivity contribution is 7.99. The Morgan fingerprint density at radius 1 is 1.06 bits per heavy atom. The molecule has 0 radical (unpaired) electrons. The third-order valence-electron chi connectivity index (χ3n) is 5.80. The number of thioether (sulfide) groups is 1. The second-order valence-corrected chi connectivity index (χ2v) is 9.25. The number of rotatable bonds is 14. The summed E-state index contributed by atoms with van der Waals surface area (Å²) < 4.78 is 5.23. The predicted molar refractivity (Wildman–Crippen MR) is 128 cm³/mol. The third kappa shape index (κ3) is 7.54. The predicted octanol–water partition coefficient (Wildman–Crippen LogP) is 6.65. The summed E-state index contributed by atoms with van der Waals surface area (Å²) in [7, 11) is 1.63. The highest BCUT2D eigenvalue weighted by Gasteiger charge is 2.29. The van der Waals surface area contributed by atoms with Crippen LogP contribution in [-0.2, 0) is 6.42 Å². The molecule has 0 aromatic heterocycles. The van der Waals surface area contributed by atoms with Crippen LogP contribution in [0.3, 0.4) is 0 Å². The SMILES string of the molecule is CCCCC(CO)(CCCC)CSc1ccc([N+](=O)[O-])cc1Cc1ccc(OC)cc1. The van der Waals surface area contributed by atoms with Gasteiger partial charge in [0, 0.05) is 34.8 Å². The lowest BCUT2D eigenvalue weighted by molar-refractivity contribution is -0.385. The fraction of sp³-hybridized carbons (Fsp3) is 0.520. The van der Waals surface area contributed by atoms with Gasteiger partial charge < -0.3 is 9.84 Å². The van der Waals surface area contributed by atoms with Crippen molar-refractivity contribution in [2.24, 2.45) is 5.41 Å². The Morgan fingerprint density at radius 3 is 2.23 bits per heavy atom. The van der Waals surface area contributed by atoms with Crippen molar-refractivity contribution in [3.8, 4) is 5.75 Å². The summed E-state index contributed by atoms with van der Waals surface area (Å²) in [6.07, 6.45) is 7.05. The maximum atomic E-state index is 11.3. The summed E-state index contributed by atoms with van der Waals surface area (Å²) in [6, 6.07) is 12.9. The number of nitro groups is 1. The maximum absolute atomic E-state index is 11.3. The van der Waals surface area contributed by atoms with E-state index in [1.165, 1.54) is 0 Å². The molecule has 0 spiro atoms. The summed E-state index contributed by atoms with van der Waals surface area (Å²) in [5.41, 5.74) is 2.03. The van der Waals surface area contributed by atoms with Gasteiger partial charge in [-0.1, -0.05) is 51.7 Å². The summed E-state index contributed by atoms with van der Waals surface area (Å²) >= 11 is 1.72. The molecule has 0 bridgehead atoms. The number of non-ortho nitro benzene ring substituents is 1. The fourth-order valence-corrected chi connectivity index (χ4v) is 5.05. The average molecular weight is 446 g/mol. The second-order valence-electron chi connectivity index (χ2n) is 8.23. The Bertz CT molecular complexity index is 815. The van der Waals surface area contributed by atoms with E-state index in [9.17, 15) is 15.2 Å². The Morgan fingerprint density at radius 2 is 1.71 bits per heavy atom. The number of nitro benzene ring substituents is 1. The Labute approximate surface area is 190 Å². The lowest BCUT2D eigenvalue weighted by Gasteiger charge is -2.32. The van der Waals surface area contributed by atoms with Crippen LogP contribution in [0.4, 0.5) is 5.69 Å². The molecular formula is C25H35NO4S. The van der Waals surface area contributed by atoms with Crippen LogP contribution in [0.1, 0.15) is 63.5 Å². The van der Waals surface area contributed by atoms with Gasteiger partial charge in [-0.2, -0.15) is 0 Å². The molecule has 5 nitrogen and oxygen atoms in total. The third-order valence-corrected chi connectivity index (χ3v) is 7.27. The molecule has 2 rings (SSSR count). The van der Waals surface area contributed by atoms with Crippen LogP contribution < -0.4 is 4.74 Å². The van der Waals surface area contributed by atoms with Gasteiger partial charge in [0.15, 0.2) is 0 Å². The van der Waals surface area contributed by atoms with Gasteiger partial charge >= 0.3 is 0 Å². The van der Waals surface area contributed by atoms with Crippen molar-refractivity contribution in [3.63, 3.8) is 0 Å². The first-order valence-electron chi connectivity index (χ1n) is 11.1. The van der Waals surface area contributed by atoms with Crippen molar-refractivity contribution < 1.29 is 14.8 Å². The van der Waals surface area contributed by atoms with Crippen molar-refractivity contribution in [3.05, 3.63) is 63.7 Å². The standard InChI is InChI=1S/C25H35NO4S/c1-4-6-14-25(18-27,15-7-5-2)19-31-24-13-10-22(26(28)29)17-21(24)16-20-8-11-23(30-3)12-9-20/h8-13,17,27H,4-7,14-16,18-19H2,1-3H3. The molecule has 0 saturated carbocycles. The monoisotopic (exact) mass is 445 g/mol. The second kappa shape index (κ2) is 12.7. The van der Waals surface area contributed by atoms with Crippen LogP contribution in [0.5, 0.6) is 5.75 Å². The van der Waals surface area contributed by atoms with E-state index < -0.39 is 0 Å². The first kappa shape index (κ1) is 25.2. The molecule has 0 heterocycles. The number of unbranched alkanes of at least 4 members (excludes halogenated alkanes) is 2. The van der Waals surface area contributed by atoms with Gasteiger partial charge in [0.05, 0.1) is 12.0 Å². The van der Waals surface area contributed by atoms with Gasteiger partial charge in [-0.15, -0.1) is 11.8 Å². The van der Waals surface area contributed by atoms with E-state index in [0.29, 0.717) is 6.42 Å². The highest BCUT2D eigenvalue weighted by atomic mass is 32.2. The lowest BCUT2D eigenvalue weighted by atomic mass is 9.81. The molecule has 0 atom stereocenters. The molecule has 1 N–H and O–H groups in total. The number of hydrogen-bond acceptors (Lipinski definition) is 5. The van der Waals surface area contributed by atoms with Crippen molar-refractivity contribution in [1.29, 1.82) is 0 Å². The van der Waals surface area contributed by atoms with Gasteiger partial charge in [0.2, 0.25) is 0 Å². The van der Waals surface area contributed by atoms with E-state index in [1.807, 2.05) is 30.3 Å². The van der Waals surface area contributed by atoms with Gasteiger partial charge in [0.25, 0.3) is 5.69 Å². The van der Waals surface area contributed by atoms with E-state index in [1.54, 1.807) is 31.0 Å². The zero-order chi connectivity index (χ0) is 22.7. The van der Waals surface area contributed by atoms with E-state index >= 15 is 0 Å². The summed E-state index contributed by atoms with van der Waals surface area (Å²) in [5.74, 6) is 1.61. The summed E-state index contributed by atoms with van der Waals surface area (Å²) in [6.45, 7) is 4.54. The van der Waals surface area contributed by atoms with Gasteiger partial charge in [-0.05, 0) is 48.6 Å². The van der Waals surface area contributed by atoms with E-state index in [0.717, 1.165) is 66.0 Å². The number of methoxy groups -OCH3 is 1. The molecule has 2 aromatic carbocycles. The molecule has 6 heteroatoms. The van der Waals surface area contributed by atoms with Crippen molar-refractivity contribution >= 4 is 17.4 Å². The Kier molecular flexibility index (Phi) is 10.3. The number of nitrogens with zero attached hydrogens (tertiary/aromatic N) is 1. The largest absolute Gasteiger partial charge is 0.497 e.